The molecule has 2 saturated heterocycles. The van der Waals surface area contributed by atoms with Crippen LogP contribution in [-0.4, -0.2) is 96.2 Å². The lowest BCUT2D eigenvalue weighted by molar-refractivity contribution is -0.0458. The fourth-order valence-electron chi connectivity index (χ4n) is 7.46. The van der Waals surface area contributed by atoms with Crippen LogP contribution in [0.4, 0.5) is 11.6 Å². The van der Waals surface area contributed by atoms with E-state index in [1.165, 1.54) is 32.0 Å². The molecule has 3 aromatic heterocycles. The van der Waals surface area contributed by atoms with Crippen molar-refractivity contribution in [3.05, 3.63) is 54.5 Å². The number of hydrogen-bond acceptors (Lipinski definition) is 11. The molecule has 50 heavy (non-hydrogen) atoms. The summed E-state index contributed by atoms with van der Waals surface area (Å²) in [6, 6.07) is 7.80. The number of nitrogens with zero attached hydrogens (tertiary/aromatic N) is 8. The first-order valence-electron chi connectivity index (χ1n) is 18.0. The first-order valence-corrected chi connectivity index (χ1v) is 18.3. The van der Waals surface area contributed by atoms with E-state index in [1.54, 1.807) is 23.4 Å². The van der Waals surface area contributed by atoms with Gasteiger partial charge in [0, 0.05) is 42.5 Å². The second-order valence-electron chi connectivity index (χ2n) is 13.9. The number of aromatic nitrogens is 7. The van der Waals surface area contributed by atoms with Crippen molar-refractivity contribution in [1.29, 1.82) is 0 Å². The zero-order chi connectivity index (χ0) is 34.5. The molecule has 7 rings (SSSR count). The Morgan fingerprint density at radius 1 is 0.940 bits per heavy atom. The van der Waals surface area contributed by atoms with Crippen molar-refractivity contribution in [2.24, 2.45) is 0 Å². The second kappa shape index (κ2) is 16.1. The molecule has 0 unspecified atom stereocenters. The number of ether oxygens (including phenoxy) is 4. The Kier molecular flexibility index (Phi) is 11.1. The van der Waals surface area contributed by atoms with Gasteiger partial charge in [-0.1, -0.05) is 17.7 Å². The van der Waals surface area contributed by atoms with Crippen molar-refractivity contribution < 1.29 is 18.9 Å². The molecule has 1 aliphatic carbocycles. The van der Waals surface area contributed by atoms with E-state index >= 15 is 0 Å². The minimum atomic E-state index is -0.165. The quantitative estimate of drug-likeness (QED) is 0.139. The monoisotopic (exact) mass is 705 g/mol. The van der Waals surface area contributed by atoms with E-state index < -0.39 is 0 Å². The topological polar surface area (TPSA) is 127 Å². The van der Waals surface area contributed by atoms with Crippen LogP contribution < -0.4 is 14.8 Å². The molecule has 3 fully saturated rings. The number of benzene rings is 1. The fraction of sp³-hybridized carbons (Fsp3) is 0.583. The van der Waals surface area contributed by atoms with Crippen LogP contribution >= 0.6 is 11.6 Å². The molecule has 0 spiro atoms. The zero-order valence-corrected chi connectivity index (χ0v) is 29.9. The smallest absolute Gasteiger partial charge is 0.256 e. The van der Waals surface area contributed by atoms with Crippen LogP contribution in [0.15, 0.2) is 49.4 Å². The van der Waals surface area contributed by atoms with Gasteiger partial charge >= 0.3 is 0 Å². The Labute approximate surface area is 298 Å². The number of hydrogen-bond donors (Lipinski definition) is 1. The average Bonchev–Trinajstić information content (AvgIpc) is 3.84. The highest BCUT2D eigenvalue weighted by atomic mass is 35.5. The van der Waals surface area contributed by atoms with Crippen molar-refractivity contribution in [2.45, 2.75) is 109 Å². The van der Waals surface area contributed by atoms with Crippen molar-refractivity contribution in [3.8, 4) is 22.8 Å². The highest BCUT2D eigenvalue weighted by Gasteiger charge is 2.42. The van der Waals surface area contributed by atoms with Gasteiger partial charge in [0.25, 0.3) is 5.88 Å². The molecule has 1 N–H and O–H groups in total. The summed E-state index contributed by atoms with van der Waals surface area (Å²) in [6.45, 7) is 9.50. The van der Waals surface area contributed by atoms with Gasteiger partial charge < -0.3 is 24.3 Å². The van der Waals surface area contributed by atoms with E-state index in [2.05, 4.69) is 34.9 Å². The number of rotatable bonds is 15. The Balaban J connectivity index is 1.01. The molecule has 0 radical (unpaired) electrons. The maximum Gasteiger partial charge on any atom is 0.256 e. The minimum Gasteiger partial charge on any atom is -0.487 e. The predicted octanol–water partition coefficient (Wildman–Crippen LogP) is 6.34. The summed E-state index contributed by atoms with van der Waals surface area (Å²) in [7, 11) is 0. The lowest BCUT2D eigenvalue weighted by Crippen LogP contribution is -2.52. The van der Waals surface area contributed by atoms with Crippen LogP contribution in [0.2, 0.25) is 5.02 Å². The zero-order valence-electron chi connectivity index (χ0n) is 29.2. The van der Waals surface area contributed by atoms with Crippen LogP contribution in [0.1, 0.15) is 71.8 Å². The number of halogens is 1. The molecule has 3 aliphatic rings. The Morgan fingerprint density at radius 3 is 2.40 bits per heavy atom. The van der Waals surface area contributed by atoms with Crippen molar-refractivity contribution in [2.75, 3.05) is 31.7 Å². The van der Waals surface area contributed by atoms with Gasteiger partial charge in [0.2, 0.25) is 5.95 Å². The van der Waals surface area contributed by atoms with Gasteiger partial charge in [0.1, 0.15) is 30.2 Å². The van der Waals surface area contributed by atoms with Crippen LogP contribution in [-0.2, 0) is 16.0 Å². The maximum atomic E-state index is 6.49. The number of morpholine rings is 1. The standard InChI is InChI=1S/C36H48ClN9O4/c1-24(2)48-13-4-14-49-35-33(19-45(43-35)28-6-8-29(9-7-28)46-30-10-11-31(46)21-47-20-30)42-36-39-16-27(17-40-36)26-5-12-32(37)34(15-26)50-25(3)18-44-23-38-22-41-44/h5,12,15-17,19,22-25,28-31H,4,6-11,13-14,18,20-21H2,1-3H3,(H,39,40,42)/t25-,28?,29?,30-,31+/m0/s1. The summed E-state index contributed by atoms with van der Waals surface area (Å²) in [5.74, 6) is 1.59. The lowest BCUT2D eigenvalue weighted by atomic mass is 9.89. The molecule has 2 aliphatic heterocycles. The van der Waals surface area contributed by atoms with Gasteiger partial charge in [0.15, 0.2) is 0 Å². The third-order valence-corrected chi connectivity index (χ3v) is 10.1. The van der Waals surface area contributed by atoms with Gasteiger partial charge in [-0.05, 0) is 77.0 Å². The maximum absolute atomic E-state index is 6.49. The molecule has 4 aromatic rings. The van der Waals surface area contributed by atoms with Crippen LogP contribution in [0.5, 0.6) is 11.6 Å². The highest BCUT2D eigenvalue weighted by molar-refractivity contribution is 6.32. The van der Waals surface area contributed by atoms with E-state index in [9.17, 15) is 0 Å². The number of nitrogens with one attached hydrogen (secondary N) is 1. The summed E-state index contributed by atoms with van der Waals surface area (Å²) >= 11 is 6.49. The summed E-state index contributed by atoms with van der Waals surface area (Å²) in [5, 5.41) is 13.0. The average molecular weight is 706 g/mol. The van der Waals surface area contributed by atoms with E-state index in [1.807, 2.05) is 45.2 Å². The van der Waals surface area contributed by atoms with Gasteiger partial charge in [-0.15, -0.1) is 5.10 Å². The van der Waals surface area contributed by atoms with Gasteiger partial charge in [-0.2, -0.15) is 5.10 Å². The first-order chi connectivity index (χ1) is 24.4. The Hall–Kier alpha value is -3.78. The molecular weight excluding hydrogens is 658 g/mol. The molecule has 5 heterocycles. The van der Waals surface area contributed by atoms with Crippen molar-refractivity contribution in [3.63, 3.8) is 0 Å². The largest absolute Gasteiger partial charge is 0.487 e. The fourth-order valence-corrected chi connectivity index (χ4v) is 7.62. The normalized spacial score (nSPS) is 22.9. The van der Waals surface area contributed by atoms with E-state index in [4.69, 9.17) is 35.6 Å². The molecule has 0 amide bonds. The third-order valence-electron chi connectivity index (χ3n) is 9.84. The first kappa shape index (κ1) is 34.7. The molecule has 3 atom stereocenters. The van der Waals surface area contributed by atoms with Gasteiger partial charge in [0.05, 0.1) is 56.3 Å². The predicted molar refractivity (Wildman–Crippen MR) is 190 cm³/mol. The SMILES string of the molecule is CC(C)OCCCOc1nn(C2CCC(N3[C@@H]4CC[C@H]3COC4)CC2)cc1Nc1ncc(-c2ccc(Cl)c(O[C@@H](C)Cn3cncn3)c2)cn1. The summed E-state index contributed by atoms with van der Waals surface area (Å²) < 4.78 is 27.7. The summed E-state index contributed by atoms with van der Waals surface area (Å²) in [5.41, 5.74) is 2.48. The Bertz CT molecular complexity index is 1640. The molecule has 1 aromatic carbocycles. The lowest BCUT2D eigenvalue weighted by Gasteiger charge is -2.43. The minimum absolute atomic E-state index is 0.165. The highest BCUT2D eigenvalue weighted by Crippen LogP contribution is 2.39. The van der Waals surface area contributed by atoms with Crippen molar-refractivity contribution >= 4 is 23.2 Å². The molecular formula is C36H48ClN9O4. The second-order valence-corrected chi connectivity index (χ2v) is 14.3. The summed E-state index contributed by atoms with van der Waals surface area (Å²) in [4.78, 5) is 16.1. The van der Waals surface area contributed by atoms with Crippen LogP contribution in [0.25, 0.3) is 11.1 Å². The molecule has 13 nitrogen and oxygen atoms in total. The van der Waals surface area contributed by atoms with Gasteiger partial charge in [-0.3, -0.25) is 9.58 Å². The van der Waals surface area contributed by atoms with Gasteiger partial charge in [-0.25, -0.2) is 19.6 Å². The number of fused-ring (bicyclic) bond motifs is 2. The van der Waals surface area contributed by atoms with Crippen LogP contribution in [0.3, 0.4) is 0 Å². The Morgan fingerprint density at radius 2 is 1.68 bits per heavy atom. The summed E-state index contributed by atoms with van der Waals surface area (Å²) in [6.07, 6.45) is 16.6. The van der Waals surface area contributed by atoms with E-state index in [0.29, 0.717) is 66.5 Å². The third kappa shape index (κ3) is 8.39. The molecule has 268 valence electrons. The molecule has 1 saturated carbocycles. The molecule has 2 bridgehead atoms. The van der Waals surface area contributed by atoms with Crippen molar-refractivity contribution in [1.82, 2.24) is 39.4 Å². The van der Waals surface area contributed by atoms with Crippen LogP contribution in [0, 0.1) is 0 Å². The molecule has 14 heteroatoms. The van der Waals surface area contributed by atoms with E-state index in [-0.39, 0.29) is 12.2 Å². The number of anilines is 2. The van der Waals surface area contributed by atoms with E-state index in [0.717, 1.165) is 49.3 Å².